The van der Waals surface area contributed by atoms with Gasteiger partial charge in [0.1, 0.15) is 5.78 Å². The summed E-state index contributed by atoms with van der Waals surface area (Å²) in [7, 11) is 0. The monoisotopic (exact) mass is 381 g/mol. The number of ketones is 1. The molecule has 2 fully saturated rings. The molecule has 2 heteroatoms. The van der Waals surface area contributed by atoms with Gasteiger partial charge in [-0.2, -0.15) is 0 Å². The number of hydrogen-bond donors (Lipinski definition) is 1. The summed E-state index contributed by atoms with van der Waals surface area (Å²) >= 11 is 0. The molecular weight excluding hydrogens is 344 g/mol. The summed E-state index contributed by atoms with van der Waals surface area (Å²) in [5.41, 5.74) is 2.84. The summed E-state index contributed by atoms with van der Waals surface area (Å²) < 4.78 is 0. The lowest BCUT2D eigenvalue weighted by molar-refractivity contribution is -0.120. The van der Waals surface area contributed by atoms with E-state index < -0.39 is 0 Å². The molecule has 4 rings (SSSR count). The molecule has 0 atom stereocenters. The van der Waals surface area contributed by atoms with Gasteiger partial charge in [0.25, 0.3) is 0 Å². The smallest absolute Gasteiger partial charge is 0.132 e. The van der Waals surface area contributed by atoms with Gasteiger partial charge in [-0.3, -0.25) is 4.79 Å². The first-order valence-corrected chi connectivity index (χ1v) is 10.0. The van der Waals surface area contributed by atoms with E-state index in [0.29, 0.717) is 17.6 Å². The number of aliphatic hydroxyl groups is 1. The lowest BCUT2D eigenvalue weighted by Crippen LogP contribution is -2.16. The Labute approximate surface area is 172 Å². The minimum atomic E-state index is -0.0417. The first-order valence-electron chi connectivity index (χ1n) is 10.0. The largest absolute Gasteiger partial charge is 0.393 e. The molecule has 2 aliphatic carbocycles. The lowest BCUT2D eigenvalue weighted by atomic mass is 9.83. The van der Waals surface area contributed by atoms with E-state index in [1.807, 2.05) is 6.07 Å². The van der Waals surface area contributed by atoms with Crippen molar-refractivity contribution in [1.82, 2.24) is 0 Å². The van der Waals surface area contributed by atoms with E-state index in [2.05, 4.69) is 54.6 Å². The van der Waals surface area contributed by atoms with E-state index in [1.54, 1.807) is 0 Å². The molecule has 0 bridgehead atoms. The fourth-order valence-electron chi connectivity index (χ4n) is 4.13. The van der Waals surface area contributed by atoms with Crippen molar-refractivity contribution in [3.8, 4) is 0 Å². The van der Waals surface area contributed by atoms with Gasteiger partial charge in [-0.05, 0) is 61.5 Å². The van der Waals surface area contributed by atoms with E-state index in [-0.39, 0.29) is 21.0 Å². The van der Waals surface area contributed by atoms with Crippen LogP contribution in [0.15, 0.2) is 60.7 Å². The summed E-state index contributed by atoms with van der Waals surface area (Å²) in [6, 6.07) is 21.2. The van der Waals surface area contributed by atoms with Gasteiger partial charge < -0.3 is 12.5 Å². The van der Waals surface area contributed by atoms with Gasteiger partial charge >= 0.3 is 0 Å². The Kier molecular flexibility index (Phi) is 10.8. The van der Waals surface area contributed by atoms with Crippen molar-refractivity contribution in [2.24, 2.45) is 0 Å². The lowest BCUT2D eigenvalue weighted by Gasteiger charge is -2.25. The van der Waals surface area contributed by atoms with Gasteiger partial charge in [-0.25, -0.2) is 0 Å². The molecule has 1 N–H and O–H groups in total. The Hall–Kier alpha value is -1.93. The fraction of sp³-hybridized carbons (Fsp3) is 0.462. The molecule has 0 radical (unpaired) electrons. The van der Waals surface area contributed by atoms with E-state index in [1.165, 1.54) is 11.1 Å². The molecule has 2 aromatic carbocycles. The van der Waals surface area contributed by atoms with Crippen molar-refractivity contribution in [3.05, 3.63) is 79.2 Å². The number of carbonyl (C=O) groups is 1. The van der Waals surface area contributed by atoms with Gasteiger partial charge in [-0.15, -0.1) is 0 Å². The molecule has 154 valence electrons. The quantitative estimate of drug-likeness (QED) is 0.587. The third-order valence-electron chi connectivity index (χ3n) is 5.78. The van der Waals surface area contributed by atoms with Gasteiger partial charge in [0.05, 0.1) is 6.10 Å². The molecule has 0 heterocycles. The van der Waals surface area contributed by atoms with Crippen LogP contribution in [0.25, 0.3) is 0 Å². The fourth-order valence-corrected chi connectivity index (χ4v) is 4.13. The minimum absolute atomic E-state index is 0. The molecule has 0 unspecified atom stereocenters. The topological polar surface area (TPSA) is 37.3 Å². The average molecular weight is 382 g/mol. The van der Waals surface area contributed by atoms with Crippen molar-refractivity contribution in [1.29, 1.82) is 0 Å². The van der Waals surface area contributed by atoms with Crippen LogP contribution in [0.4, 0.5) is 0 Å². The second-order valence-corrected chi connectivity index (χ2v) is 7.64. The molecule has 0 spiro atoms. The maximum Gasteiger partial charge on any atom is 0.132 e. The first kappa shape index (κ1) is 24.1. The van der Waals surface area contributed by atoms with Gasteiger partial charge in [0.2, 0.25) is 0 Å². The van der Waals surface area contributed by atoms with Crippen LogP contribution in [0.2, 0.25) is 0 Å². The Morgan fingerprint density at radius 3 is 1.46 bits per heavy atom. The van der Waals surface area contributed by atoms with Crippen molar-refractivity contribution in [3.63, 3.8) is 0 Å². The molecule has 0 amide bonds. The maximum atomic E-state index is 11.0. The van der Waals surface area contributed by atoms with Crippen LogP contribution in [-0.4, -0.2) is 17.0 Å². The van der Waals surface area contributed by atoms with E-state index in [9.17, 15) is 9.90 Å². The highest BCUT2D eigenvalue weighted by Gasteiger charge is 2.20. The van der Waals surface area contributed by atoms with Crippen LogP contribution in [0.1, 0.15) is 81.8 Å². The second kappa shape index (κ2) is 12.5. The third-order valence-corrected chi connectivity index (χ3v) is 5.78. The Morgan fingerprint density at radius 1 is 0.643 bits per heavy atom. The Morgan fingerprint density at radius 2 is 1.04 bits per heavy atom. The molecule has 2 aromatic rings. The predicted octanol–water partition coefficient (Wildman–Crippen LogP) is 6.70. The Balaban J connectivity index is 0.000000261. The summed E-state index contributed by atoms with van der Waals surface area (Å²) in [4.78, 5) is 11.0. The maximum absolute atomic E-state index is 11.0. The highest BCUT2D eigenvalue weighted by Crippen LogP contribution is 2.32. The molecular formula is C26H37O2-. The molecule has 0 saturated heterocycles. The van der Waals surface area contributed by atoms with Gasteiger partial charge in [-0.1, -0.05) is 68.1 Å². The average Bonchev–Trinajstić information content (AvgIpc) is 2.71. The van der Waals surface area contributed by atoms with Crippen molar-refractivity contribution in [2.75, 3.05) is 0 Å². The van der Waals surface area contributed by atoms with Gasteiger partial charge in [0, 0.05) is 12.8 Å². The van der Waals surface area contributed by atoms with Crippen LogP contribution < -0.4 is 0 Å². The van der Waals surface area contributed by atoms with E-state index >= 15 is 0 Å². The predicted molar refractivity (Wildman–Crippen MR) is 119 cm³/mol. The zero-order valence-electron chi connectivity index (χ0n) is 16.5. The number of rotatable bonds is 2. The third kappa shape index (κ3) is 7.24. The number of benzene rings is 2. The number of hydrogen-bond acceptors (Lipinski definition) is 2. The standard InChI is InChI=1S/C12H16O.C12H14O.CH4.CH3/c2*13-12-8-6-11(7-9-12)10-4-2-1-3-5-10;;/h1-5,11-13H,6-9H2;1-5,11H,6-9H2;1H4;1H3/q;;;-1. The minimum Gasteiger partial charge on any atom is -0.393 e. The Bertz CT molecular complexity index is 647. The molecule has 2 saturated carbocycles. The van der Waals surface area contributed by atoms with Crippen molar-refractivity contribution in [2.45, 2.75) is 76.7 Å². The molecule has 2 aliphatic rings. The number of Topliss-reactive ketones (excluding diaryl/α,β-unsaturated/α-hetero) is 1. The van der Waals surface area contributed by atoms with Crippen LogP contribution in [0.5, 0.6) is 0 Å². The number of carbonyl (C=O) groups excluding carboxylic acids is 1. The number of aliphatic hydroxyl groups excluding tert-OH is 1. The highest BCUT2D eigenvalue weighted by molar-refractivity contribution is 5.79. The summed E-state index contributed by atoms with van der Waals surface area (Å²) in [5, 5.41) is 9.37. The second-order valence-electron chi connectivity index (χ2n) is 7.64. The van der Waals surface area contributed by atoms with Crippen LogP contribution in [-0.2, 0) is 4.79 Å². The summed E-state index contributed by atoms with van der Waals surface area (Å²) in [6.07, 6.45) is 7.83. The zero-order chi connectivity index (χ0) is 18.2. The zero-order valence-corrected chi connectivity index (χ0v) is 16.5. The normalized spacial score (nSPS) is 22.1. The first-order chi connectivity index (χ1) is 12.7. The molecule has 2 nitrogen and oxygen atoms in total. The SMILES string of the molecule is C.O=C1CCC(c2ccccc2)CC1.OC1CCC(c2ccccc2)CC1.[CH3-]. The molecule has 28 heavy (non-hydrogen) atoms. The summed E-state index contributed by atoms with van der Waals surface area (Å²) in [6.45, 7) is 0. The molecule has 0 aromatic heterocycles. The van der Waals surface area contributed by atoms with Crippen molar-refractivity contribution >= 4 is 5.78 Å². The van der Waals surface area contributed by atoms with Gasteiger partial charge in [0.15, 0.2) is 0 Å². The van der Waals surface area contributed by atoms with Crippen LogP contribution in [0.3, 0.4) is 0 Å². The summed E-state index contributed by atoms with van der Waals surface area (Å²) in [5.74, 6) is 1.75. The van der Waals surface area contributed by atoms with Crippen molar-refractivity contribution < 1.29 is 9.90 Å². The van der Waals surface area contributed by atoms with Crippen LogP contribution >= 0.6 is 0 Å². The van der Waals surface area contributed by atoms with Crippen LogP contribution in [0, 0.1) is 7.43 Å². The van der Waals surface area contributed by atoms with E-state index in [0.717, 1.165) is 51.4 Å². The highest BCUT2D eigenvalue weighted by atomic mass is 16.3. The van der Waals surface area contributed by atoms with E-state index in [4.69, 9.17) is 0 Å². The molecule has 0 aliphatic heterocycles.